The SMILES string of the molecule is CCCS(=O)(=O)Nc1ccc(F)c(C(=O)Nc2cnc3[nH]nc(CC(=O)OC)c3c2)c1F. The maximum atomic E-state index is 14.8. The smallest absolute Gasteiger partial charge is 0.311 e. The Morgan fingerprint density at radius 3 is 2.69 bits per heavy atom. The largest absolute Gasteiger partial charge is 0.469 e. The van der Waals surface area contributed by atoms with E-state index in [4.69, 9.17) is 0 Å². The fraction of sp³-hybridized carbons (Fsp3) is 0.263. The van der Waals surface area contributed by atoms with E-state index in [0.29, 0.717) is 16.7 Å². The summed E-state index contributed by atoms with van der Waals surface area (Å²) >= 11 is 0. The molecule has 0 fully saturated rings. The van der Waals surface area contributed by atoms with Crippen LogP contribution < -0.4 is 10.0 Å². The van der Waals surface area contributed by atoms with Crippen LogP contribution in [0.3, 0.4) is 0 Å². The Morgan fingerprint density at radius 2 is 2.00 bits per heavy atom. The summed E-state index contributed by atoms with van der Waals surface area (Å²) < 4.78 is 59.5. The van der Waals surface area contributed by atoms with E-state index in [9.17, 15) is 26.8 Å². The van der Waals surface area contributed by atoms with E-state index in [1.165, 1.54) is 19.4 Å². The molecule has 3 N–H and O–H groups in total. The molecule has 0 aliphatic heterocycles. The third-order valence-corrected chi connectivity index (χ3v) is 5.83. The Kier molecular flexibility index (Phi) is 6.67. The summed E-state index contributed by atoms with van der Waals surface area (Å²) in [6.07, 6.45) is 1.36. The van der Waals surface area contributed by atoms with Crippen LogP contribution in [0.15, 0.2) is 24.4 Å². The van der Waals surface area contributed by atoms with Crippen molar-refractivity contribution in [2.45, 2.75) is 19.8 Å². The van der Waals surface area contributed by atoms with Crippen molar-refractivity contribution in [1.82, 2.24) is 15.2 Å². The average molecular weight is 467 g/mol. The third-order valence-electron chi connectivity index (χ3n) is 4.35. The van der Waals surface area contributed by atoms with Gasteiger partial charge < -0.3 is 10.1 Å². The summed E-state index contributed by atoms with van der Waals surface area (Å²) in [4.78, 5) is 28.2. The predicted molar refractivity (Wildman–Crippen MR) is 112 cm³/mol. The number of nitrogens with zero attached hydrogens (tertiary/aromatic N) is 2. The minimum Gasteiger partial charge on any atom is -0.469 e. The first-order valence-electron chi connectivity index (χ1n) is 9.34. The summed E-state index contributed by atoms with van der Waals surface area (Å²) in [5.41, 5.74) is -0.810. The Labute approximate surface area is 181 Å². The molecule has 0 saturated carbocycles. The van der Waals surface area contributed by atoms with Gasteiger partial charge in [0.25, 0.3) is 5.91 Å². The van der Waals surface area contributed by atoms with Crippen LogP contribution in [0.25, 0.3) is 11.0 Å². The second-order valence-corrected chi connectivity index (χ2v) is 8.54. The molecular formula is C19H19F2N5O5S. The van der Waals surface area contributed by atoms with Crippen molar-refractivity contribution < 1.29 is 31.5 Å². The van der Waals surface area contributed by atoms with Crippen molar-refractivity contribution in [3.8, 4) is 0 Å². The number of esters is 1. The molecule has 170 valence electrons. The van der Waals surface area contributed by atoms with Crippen molar-refractivity contribution in [3.05, 3.63) is 47.3 Å². The summed E-state index contributed by atoms with van der Waals surface area (Å²) in [5, 5.41) is 9.30. The molecule has 32 heavy (non-hydrogen) atoms. The molecule has 0 spiro atoms. The minimum atomic E-state index is -3.86. The van der Waals surface area contributed by atoms with E-state index in [0.717, 1.165) is 12.1 Å². The number of H-pyrrole nitrogens is 1. The molecule has 0 atom stereocenters. The maximum Gasteiger partial charge on any atom is 0.311 e. The number of carbonyl (C=O) groups is 2. The number of aromatic amines is 1. The predicted octanol–water partition coefficient (Wildman–Crippen LogP) is 2.36. The molecule has 0 aliphatic carbocycles. The summed E-state index contributed by atoms with van der Waals surface area (Å²) in [6, 6.07) is 3.10. The number of halogens is 2. The van der Waals surface area contributed by atoms with E-state index in [2.05, 4.69) is 25.2 Å². The number of nitrogens with one attached hydrogen (secondary N) is 3. The molecule has 0 unspecified atom stereocenters. The Bertz CT molecular complexity index is 1290. The lowest BCUT2D eigenvalue weighted by Crippen LogP contribution is -2.20. The number of pyridine rings is 1. The molecule has 0 saturated heterocycles. The molecular weight excluding hydrogens is 448 g/mol. The third kappa shape index (κ3) is 4.99. The summed E-state index contributed by atoms with van der Waals surface area (Å²) in [5.74, 6) is -4.50. The highest BCUT2D eigenvalue weighted by Gasteiger charge is 2.23. The first-order chi connectivity index (χ1) is 15.1. The molecule has 0 aliphatic rings. The Balaban J connectivity index is 1.90. The number of sulfonamides is 1. The van der Waals surface area contributed by atoms with Gasteiger partial charge in [-0.3, -0.25) is 19.4 Å². The number of anilines is 2. The minimum absolute atomic E-state index is 0.0748. The quantitative estimate of drug-likeness (QED) is 0.432. The van der Waals surface area contributed by atoms with E-state index in [1.54, 1.807) is 6.92 Å². The molecule has 3 aromatic rings. The highest BCUT2D eigenvalue weighted by Crippen LogP contribution is 2.25. The molecule has 10 nitrogen and oxygen atoms in total. The molecule has 3 rings (SSSR count). The fourth-order valence-corrected chi connectivity index (χ4v) is 4.02. The number of aromatic nitrogens is 3. The number of hydrogen-bond donors (Lipinski definition) is 3. The average Bonchev–Trinajstić information content (AvgIpc) is 3.12. The molecule has 13 heteroatoms. The second-order valence-electron chi connectivity index (χ2n) is 6.70. The summed E-state index contributed by atoms with van der Waals surface area (Å²) in [7, 11) is -2.64. The van der Waals surface area contributed by atoms with Crippen molar-refractivity contribution >= 4 is 44.3 Å². The van der Waals surface area contributed by atoms with Crippen molar-refractivity contribution in [2.24, 2.45) is 0 Å². The number of methoxy groups -OCH3 is 1. The van der Waals surface area contributed by atoms with Crippen molar-refractivity contribution in [1.29, 1.82) is 0 Å². The lowest BCUT2D eigenvalue weighted by atomic mass is 10.1. The fourth-order valence-electron chi connectivity index (χ4n) is 2.89. The number of carbonyl (C=O) groups excluding carboxylic acids is 2. The topological polar surface area (TPSA) is 143 Å². The number of ether oxygens (including phenoxy) is 1. The van der Waals surface area contributed by atoms with Gasteiger partial charge in [-0.2, -0.15) is 5.10 Å². The molecule has 2 heterocycles. The van der Waals surface area contributed by atoms with Crippen LogP contribution in [0.2, 0.25) is 0 Å². The van der Waals surface area contributed by atoms with Gasteiger partial charge in [-0.25, -0.2) is 22.2 Å². The van der Waals surface area contributed by atoms with Crippen LogP contribution in [-0.4, -0.2) is 48.3 Å². The molecule has 0 radical (unpaired) electrons. The van der Waals surface area contributed by atoms with Crippen molar-refractivity contribution in [2.75, 3.05) is 22.9 Å². The van der Waals surface area contributed by atoms with Gasteiger partial charge in [0.15, 0.2) is 11.5 Å². The zero-order valence-corrected chi connectivity index (χ0v) is 17.8. The van der Waals surface area contributed by atoms with E-state index >= 15 is 0 Å². The molecule has 2 aromatic heterocycles. The van der Waals surface area contributed by atoms with Gasteiger partial charge in [0.05, 0.1) is 42.5 Å². The van der Waals surface area contributed by atoms with Gasteiger partial charge >= 0.3 is 5.97 Å². The number of benzene rings is 1. The van der Waals surface area contributed by atoms with Crippen LogP contribution in [0, 0.1) is 11.6 Å². The van der Waals surface area contributed by atoms with Gasteiger partial charge in [0, 0.05) is 5.39 Å². The van der Waals surface area contributed by atoms with Crippen LogP contribution in [0.1, 0.15) is 29.4 Å². The highest BCUT2D eigenvalue weighted by atomic mass is 32.2. The number of rotatable bonds is 8. The van der Waals surface area contributed by atoms with Gasteiger partial charge in [-0.05, 0) is 24.6 Å². The highest BCUT2D eigenvalue weighted by molar-refractivity contribution is 7.92. The van der Waals surface area contributed by atoms with E-state index in [-0.39, 0.29) is 24.3 Å². The number of hydrogen-bond acceptors (Lipinski definition) is 7. The van der Waals surface area contributed by atoms with Crippen LogP contribution in [0.4, 0.5) is 20.2 Å². The lowest BCUT2D eigenvalue weighted by Gasteiger charge is -2.12. The zero-order valence-electron chi connectivity index (χ0n) is 17.0. The van der Waals surface area contributed by atoms with Crippen LogP contribution >= 0.6 is 0 Å². The van der Waals surface area contributed by atoms with Gasteiger partial charge in [-0.15, -0.1) is 0 Å². The standard InChI is InChI=1S/C19H19F2N5O5S/c1-3-6-32(29,30)26-13-5-4-12(20)16(17(13)21)19(28)23-10-7-11-14(8-15(27)31-2)24-25-18(11)22-9-10/h4-5,7,9,26H,3,6,8H2,1-2H3,(H,23,28)(H,22,24,25). The monoisotopic (exact) mass is 467 g/mol. The van der Waals surface area contributed by atoms with Gasteiger partial charge in [0.1, 0.15) is 11.4 Å². The number of fused-ring (bicyclic) bond motifs is 1. The van der Waals surface area contributed by atoms with Crippen LogP contribution in [0.5, 0.6) is 0 Å². The van der Waals surface area contributed by atoms with Gasteiger partial charge in [-0.1, -0.05) is 6.92 Å². The van der Waals surface area contributed by atoms with Crippen LogP contribution in [-0.2, 0) is 26.0 Å². The normalized spacial score (nSPS) is 11.4. The number of amides is 1. The lowest BCUT2D eigenvalue weighted by molar-refractivity contribution is -0.139. The first-order valence-corrected chi connectivity index (χ1v) is 11.0. The summed E-state index contributed by atoms with van der Waals surface area (Å²) in [6.45, 7) is 1.63. The molecule has 1 aromatic carbocycles. The van der Waals surface area contributed by atoms with Crippen molar-refractivity contribution in [3.63, 3.8) is 0 Å². The Morgan fingerprint density at radius 1 is 1.25 bits per heavy atom. The van der Waals surface area contributed by atoms with Gasteiger partial charge in [0.2, 0.25) is 10.0 Å². The second kappa shape index (κ2) is 9.26. The zero-order chi connectivity index (χ0) is 23.5. The van der Waals surface area contributed by atoms with E-state index < -0.39 is 44.8 Å². The maximum absolute atomic E-state index is 14.8. The molecule has 1 amide bonds. The first kappa shape index (κ1) is 23.1. The Hall–Kier alpha value is -3.61. The molecule has 0 bridgehead atoms. The van der Waals surface area contributed by atoms with E-state index in [1.807, 2.05) is 4.72 Å².